The molecule has 9 heteroatoms. The van der Waals surface area contributed by atoms with Gasteiger partial charge in [0.15, 0.2) is 15.9 Å². The third kappa shape index (κ3) is 6.56. The number of halogens is 3. The minimum absolute atomic E-state index is 0.0365. The number of alkyl halides is 3. The molecule has 0 heterocycles. The Balaban J connectivity index is 1.83. The first kappa shape index (κ1) is 21.7. The molecule has 0 aromatic heterocycles. The van der Waals surface area contributed by atoms with Crippen molar-refractivity contribution in [2.75, 3.05) is 12.9 Å². The lowest BCUT2D eigenvalue weighted by molar-refractivity contribution is -0.163. The zero-order valence-electron chi connectivity index (χ0n) is 15.1. The van der Waals surface area contributed by atoms with Crippen LogP contribution in [0.4, 0.5) is 13.2 Å². The highest BCUT2D eigenvalue weighted by molar-refractivity contribution is 7.90. The maximum Gasteiger partial charge on any atom is 0.412 e. The molecule has 152 valence electrons. The summed E-state index contributed by atoms with van der Waals surface area (Å²) in [7, 11) is -3.30. The van der Waals surface area contributed by atoms with Gasteiger partial charge >= 0.3 is 6.18 Å². The van der Waals surface area contributed by atoms with Crippen LogP contribution < -0.4 is 10.1 Å². The number of benzene rings is 2. The topological polar surface area (TPSA) is 72.5 Å². The van der Waals surface area contributed by atoms with Crippen LogP contribution in [0, 0.1) is 0 Å². The standard InChI is InChI=1S/C19H20F3NO4S/c1-28(25,26)16-11-9-15(10-12-16)27-13-5-8-17(24)23-18(19(20,21)22)14-6-3-2-4-7-14/h2-4,6-7,9-12,18H,5,8,13H2,1H3,(H,23,24). The number of hydrogen-bond donors (Lipinski definition) is 1. The maximum absolute atomic E-state index is 13.2. The molecule has 2 aromatic carbocycles. The molecule has 0 spiro atoms. The minimum Gasteiger partial charge on any atom is -0.494 e. The van der Waals surface area contributed by atoms with Crippen molar-refractivity contribution in [3.05, 3.63) is 60.2 Å². The minimum atomic E-state index is -4.60. The monoisotopic (exact) mass is 415 g/mol. The molecular weight excluding hydrogens is 395 g/mol. The average Bonchev–Trinajstić information content (AvgIpc) is 2.63. The van der Waals surface area contributed by atoms with Gasteiger partial charge < -0.3 is 10.1 Å². The first-order valence-corrected chi connectivity index (χ1v) is 10.3. The van der Waals surface area contributed by atoms with Crippen LogP contribution in [0.2, 0.25) is 0 Å². The number of carbonyl (C=O) groups excluding carboxylic acids is 1. The highest BCUT2D eigenvalue weighted by atomic mass is 32.2. The lowest BCUT2D eigenvalue weighted by atomic mass is 10.1. The van der Waals surface area contributed by atoms with Gasteiger partial charge in [0.2, 0.25) is 5.91 Å². The van der Waals surface area contributed by atoms with E-state index in [0.717, 1.165) is 6.26 Å². The van der Waals surface area contributed by atoms with E-state index >= 15 is 0 Å². The molecule has 0 saturated heterocycles. The Morgan fingerprint density at radius 3 is 2.21 bits per heavy atom. The zero-order chi connectivity index (χ0) is 20.8. The first-order chi connectivity index (χ1) is 13.1. The summed E-state index contributed by atoms with van der Waals surface area (Å²) in [5, 5.41) is 2.01. The van der Waals surface area contributed by atoms with Gasteiger partial charge in [-0.1, -0.05) is 30.3 Å². The molecule has 0 aliphatic heterocycles. The van der Waals surface area contributed by atoms with Crippen molar-refractivity contribution >= 4 is 15.7 Å². The van der Waals surface area contributed by atoms with Crippen LogP contribution in [0.5, 0.6) is 5.75 Å². The largest absolute Gasteiger partial charge is 0.494 e. The summed E-state index contributed by atoms with van der Waals surface area (Å²) >= 11 is 0. The van der Waals surface area contributed by atoms with Crippen molar-refractivity contribution in [3.8, 4) is 5.75 Å². The van der Waals surface area contributed by atoms with E-state index in [2.05, 4.69) is 0 Å². The molecular formula is C19H20F3NO4S. The Kier molecular flexibility index (Phi) is 7.06. The van der Waals surface area contributed by atoms with Crippen LogP contribution in [-0.4, -0.2) is 33.4 Å². The van der Waals surface area contributed by atoms with Gasteiger partial charge in [0.1, 0.15) is 5.75 Å². The van der Waals surface area contributed by atoms with Crippen LogP contribution in [-0.2, 0) is 14.6 Å². The lowest BCUT2D eigenvalue weighted by Gasteiger charge is -2.22. The normalized spacial score (nSPS) is 13.0. The van der Waals surface area contributed by atoms with Gasteiger partial charge in [-0.2, -0.15) is 13.2 Å². The number of sulfone groups is 1. The van der Waals surface area contributed by atoms with Crippen molar-refractivity contribution < 1.29 is 31.1 Å². The Bertz CT molecular complexity index is 882. The first-order valence-electron chi connectivity index (χ1n) is 8.41. The number of hydrogen-bond acceptors (Lipinski definition) is 4. The van der Waals surface area contributed by atoms with Gasteiger partial charge in [0, 0.05) is 12.7 Å². The number of ether oxygens (including phenoxy) is 1. The molecule has 1 atom stereocenters. The molecule has 0 fully saturated rings. The van der Waals surface area contributed by atoms with Crippen LogP contribution in [0.25, 0.3) is 0 Å². The number of nitrogens with one attached hydrogen (secondary N) is 1. The fraction of sp³-hybridized carbons (Fsp3) is 0.316. The van der Waals surface area contributed by atoms with E-state index in [4.69, 9.17) is 4.74 Å². The van der Waals surface area contributed by atoms with Crippen molar-refractivity contribution in [2.45, 2.75) is 30.0 Å². The van der Waals surface area contributed by atoms with E-state index in [-0.39, 0.29) is 29.9 Å². The second-order valence-corrected chi connectivity index (χ2v) is 8.16. The van der Waals surface area contributed by atoms with Crippen molar-refractivity contribution in [3.63, 3.8) is 0 Å². The second-order valence-electron chi connectivity index (χ2n) is 6.15. The predicted molar refractivity (Wildman–Crippen MR) is 97.7 cm³/mol. The fourth-order valence-corrected chi connectivity index (χ4v) is 3.07. The van der Waals surface area contributed by atoms with E-state index in [1.165, 1.54) is 48.5 Å². The van der Waals surface area contributed by atoms with E-state index < -0.39 is 28.0 Å². The Labute approximate surface area is 161 Å². The quantitative estimate of drug-likeness (QED) is 0.668. The lowest BCUT2D eigenvalue weighted by Crippen LogP contribution is -2.38. The number of carbonyl (C=O) groups is 1. The van der Waals surface area contributed by atoms with Gasteiger partial charge in [-0.05, 0) is 36.2 Å². The molecule has 1 N–H and O–H groups in total. The molecule has 0 radical (unpaired) electrons. The van der Waals surface area contributed by atoms with E-state index in [9.17, 15) is 26.4 Å². The fourth-order valence-electron chi connectivity index (χ4n) is 2.44. The molecule has 5 nitrogen and oxygen atoms in total. The summed E-state index contributed by atoms with van der Waals surface area (Å²) in [5.41, 5.74) is -0.0365. The van der Waals surface area contributed by atoms with E-state index in [0.29, 0.717) is 5.75 Å². The van der Waals surface area contributed by atoms with Gasteiger partial charge in [-0.3, -0.25) is 4.79 Å². The smallest absolute Gasteiger partial charge is 0.412 e. The molecule has 1 amide bonds. The molecule has 28 heavy (non-hydrogen) atoms. The van der Waals surface area contributed by atoms with Crippen LogP contribution in [0.3, 0.4) is 0 Å². The summed E-state index contributed by atoms with van der Waals surface area (Å²) < 4.78 is 67.8. The third-order valence-electron chi connectivity index (χ3n) is 3.83. The number of amides is 1. The van der Waals surface area contributed by atoms with Crippen molar-refractivity contribution in [2.24, 2.45) is 0 Å². The highest BCUT2D eigenvalue weighted by Gasteiger charge is 2.41. The molecule has 0 bridgehead atoms. The van der Waals surface area contributed by atoms with Gasteiger partial charge in [-0.25, -0.2) is 8.42 Å². The second kappa shape index (κ2) is 9.09. The van der Waals surface area contributed by atoms with Crippen LogP contribution >= 0.6 is 0 Å². The van der Waals surface area contributed by atoms with Crippen molar-refractivity contribution in [1.29, 1.82) is 0 Å². The van der Waals surface area contributed by atoms with Gasteiger partial charge in [-0.15, -0.1) is 0 Å². The third-order valence-corrected chi connectivity index (χ3v) is 4.96. The van der Waals surface area contributed by atoms with E-state index in [1.54, 1.807) is 6.07 Å². The van der Waals surface area contributed by atoms with E-state index in [1.807, 2.05) is 5.32 Å². The molecule has 2 rings (SSSR count). The average molecular weight is 415 g/mol. The highest BCUT2D eigenvalue weighted by Crippen LogP contribution is 2.32. The Hall–Kier alpha value is -2.55. The maximum atomic E-state index is 13.2. The molecule has 0 aliphatic rings. The van der Waals surface area contributed by atoms with Crippen LogP contribution in [0.1, 0.15) is 24.4 Å². The molecule has 1 unspecified atom stereocenters. The predicted octanol–water partition coefficient (Wildman–Crippen LogP) is 3.67. The summed E-state index contributed by atoms with van der Waals surface area (Å²) in [5.74, 6) is -0.326. The summed E-state index contributed by atoms with van der Waals surface area (Å²) in [6.45, 7) is 0.105. The van der Waals surface area contributed by atoms with Crippen molar-refractivity contribution in [1.82, 2.24) is 5.32 Å². The summed E-state index contributed by atoms with van der Waals surface area (Å²) in [4.78, 5) is 12.1. The molecule has 0 saturated carbocycles. The van der Waals surface area contributed by atoms with Gasteiger partial charge in [0.25, 0.3) is 0 Å². The number of rotatable bonds is 8. The summed E-state index contributed by atoms with van der Waals surface area (Å²) in [6.07, 6.45) is -3.44. The molecule has 0 aliphatic carbocycles. The Morgan fingerprint density at radius 2 is 1.68 bits per heavy atom. The SMILES string of the molecule is CS(=O)(=O)c1ccc(OCCCC(=O)NC(c2ccccc2)C(F)(F)F)cc1. The zero-order valence-corrected chi connectivity index (χ0v) is 15.9. The van der Waals surface area contributed by atoms with Gasteiger partial charge in [0.05, 0.1) is 11.5 Å². The molecule has 2 aromatic rings. The Morgan fingerprint density at radius 1 is 1.07 bits per heavy atom. The van der Waals surface area contributed by atoms with Crippen LogP contribution in [0.15, 0.2) is 59.5 Å². The summed E-state index contributed by atoms with van der Waals surface area (Å²) in [6, 6.07) is 10.8.